The molecule has 1 aliphatic carbocycles. The number of ether oxygens (including phenoxy) is 2. The van der Waals surface area contributed by atoms with Gasteiger partial charge in [0, 0.05) is 25.9 Å². The Bertz CT molecular complexity index is 444. The highest BCUT2D eigenvalue weighted by atomic mass is 16.7. The van der Waals surface area contributed by atoms with Crippen LogP contribution in [0.15, 0.2) is 12.7 Å². The van der Waals surface area contributed by atoms with Crippen LogP contribution in [-0.4, -0.2) is 43.0 Å². The van der Waals surface area contributed by atoms with Crippen molar-refractivity contribution in [3.05, 3.63) is 12.7 Å². The third-order valence-corrected chi connectivity index (χ3v) is 6.35. The lowest BCUT2D eigenvalue weighted by atomic mass is 9.64. The fraction of sp³-hybridized carbons (Fsp3) is 0.913. The van der Waals surface area contributed by atoms with E-state index in [-0.39, 0.29) is 11.9 Å². The molecule has 1 aliphatic heterocycles. The average Bonchev–Trinajstić information content (AvgIpc) is 2.92. The SMILES string of the molecule is C=CCN(CC)CCC1COC2(CCC(C(C)(C)CC(C)(C)C)CC2)O1. The van der Waals surface area contributed by atoms with Crippen LogP contribution in [0.3, 0.4) is 0 Å². The Morgan fingerprint density at radius 2 is 1.81 bits per heavy atom. The van der Waals surface area contributed by atoms with Crippen molar-refractivity contribution >= 4 is 0 Å². The van der Waals surface area contributed by atoms with Crippen molar-refractivity contribution in [2.24, 2.45) is 16.7 Å². The predicted molar refractivity (Wildman–Crippen MR) is 110 cm³/mol. The third kappa shape index (κ3) is 6.07. The van der Waals surface area contributed by atoms with Crippen LogP contribution in [0.25, 0.3) is 0 Å². The van der Waals surface area contributed by atoms with Gasteiger partial charge >= 0.3 is 0 Å². The van der Waals surface area contributed by atoms with E-state index in [4.69, 9.17) is 9.47 Å². The Kier molecular flexibility index (Phi) is 7.38. The molecule has 1 saturated carbocycles. The second-order valence-corrected chi connectivity index (χ2v) is 10.4. The quantitative estimate of drug-likeness (QED) is 0.519. The molecule has 0 amide bonds. The maximum Gasteiger partial charge on any atom is 0.168 e. The van der Waals surface area contributed by atoms with Crippen LogP contribution in [0.4, 0.5) is 0 Å². The van der Waals surface area contributed by atoms with Gasteiger partial charge in [0.15, 0.2) is 5.79 Å². The summed E-state index contributed by atoms with van der Waals surface area (Å²) in [6.45, 7) is 21.9. The molecule has 1 saturated heterocycles. The molecule has 0 aromatic rings. The summed E-state index contributed by atoms with van der Waals surface area (Å²) in [7, 11) is 0. The van der Waals surface area contributed by atoms with E-state index in [2.05, 4.69) is 53.0 Å². The fourth-order valence-electron chi connectivity index (χ4n) is 5.26. The first-order valence-corrected chi connectivity index (χ1v) is 10.7. The number of rotatable bonds is 8. The molecule has 0 radical (unpaired) electrons. The van der Waals surface area contributed by atoms with E-state index in [0.717, 1.165) is 51.4 Å². The zero-order valence-corrected chi connectivity index (χ0v) is 18.3. The van der Waals surface area contributed by atoms with E-state index in [1.807, 2.05) is 6.08 Å². The van der Waals surface area contributed by atoms with Crippen LogP contribution in [0.1, 0.15) is 80.1 Å². The lowest BCUT2D eigenvalue weighted by Crippen LogP contribution is -2.40. The first-order valence-electron chi connectivity index (χ1n) is 10.7. The number of hydrogen-bond donors (Lipinski definition) is 0. The molecule has 1 spiro atoms. The van der Waals surface area contributed by atoms with E-state index in [0.29, 0.717) is 10.8 Å². The topological polar surface area (TPSA) is 21.7 Å². The zero-order chi connectivity index (χ0) is 19.4. The van der Waals surface area contributed by atoms with Crippen molar-refractivity contribution in [1.82, 2.24) is 4.90 Å². The Balaban J connectivity index is 1.81. The Labute approximate surface area is 162 Å². The number of nitrogens with zero attached hydrogens (tertiary/aromatic N) is 1. The van der Waals surface area contributed by atoms with E-state index < -0.39 is 0 Å². The summed E-state index contributed by atoms with van der Waals surface area (Å²) < 4.78 is 12.7. The molecule has 0 aromatic heterocycles. The highest BCUT2D eigenvalue weighted by Crippen LogP contribution is 2.49. The lowest BCUT2D eigenvalue weighted by molar-refractivity contribution is -0.198. The van der Waals surface area contributed by atoms with Gasteiger partial charge in [-0.2, -0.15) is 0 Å². The van der Waals surface area contributed by atoms with Gasteiger partial charge in [-0.15, -0.1) is 6.58 Å². The van der Waals surface area contributed by atoms with Gasteiger partial charge < -0.3 is 9.47 Å². The normalized spacial score (nSPS) is 30.3. The van der Waals surface area contributed by atoms with E-state index in [1.165, 1.54) is 19.3 Å². The minimum atomic E-state index is -0.283. The summed E-state index contributed by atoms with van der Waals surface area (Å²) in [5, 5.41) is 0. The van der Waals surface area contributed by atoms with Gasteiger partial charge in [-0.25, -0.2) is 0 Å². The van der Waals surface area contributed by atoms with Crippen LogP contribution >= 0.6 is 0 Å². The summed E-state index contributed by atoms with van der Waals surface area (Å²) in [6, 6.07) is 0. The van der Waals surface area contributed by atoms with E-state index in [1.54, 1.807) is 0 Å². The summed E-state index contributed by atoms with van der Waals surface area (Å²) in [5.41, 5.74) is 0.783. The first-order chi connectivity index (χ1) is 12.1. The maximum absolute atomic E-state index is 6.45. The summed E-state index contributed by atoms with van der Waals surface area (Å²) >= 11 is 0. The number of hydrogen-bond acceptors (Lipinski definition) is 3. The Morgan fingerprint density at radius 3 is 2.35 bits per heavy atom. The first kappa shape index (κ1) is 21.9. The molecule has 0 aromatic carbocycles. The summed E-state index contributed by atoms with van der Waals surface area (Å²) in [6.07, 6.45) is 9.16. The molecule has 2 fully saturated rings. The molecule has 3 nitrogen and oxygen atoms in total. The molecule has 1 heterocycles. The lowest BCUT2D eigenvalue weighted by Gasteiger charge is -2.45. The van der Waals surface area contributed by atoms with Gasteiger partial charge in [0.1, 0.15) is 0 Å². The van der Waals surface area contributed by atoms with E-state index >= 15 is 0 Å². The standard InChI is InChI=1S/C23H43NO2/c1-8-15-24(9-2)16-12-20-17-25-23(26-20)13-10-19(11-14-23)22(6,7)18-21(3,4)5/h8,19-20H,1,9-18H2,2-7H3. The second kappa shape index (κ2) is 8.75. The molecule has 26 heavy (non-hydrogen) atoms. The van der Waals surface area contributed by atoms with Crippen molar-refractivity contribution in [2.45, 2.75) is 92.0 Å². The average molecular weight is 366 g/mol. The molecule has 3 heteroatoms. The van der Waals surface area contributed by atoms with Crippen LogP contribution in [0, 0.1) is 16.7 Å². The van der Waals surface area contributed by atoms with Crippen molar-refractivity contribution in [1.29, 1.82) is 0 Å². The summed E-state index contributed by atoms with van der Waals surface area (Å²) in [5.74, 6) is 0.496. The Hall–Kier alpha value is -0.380. The minimum Gasteiger partial charge on any atom is -0.347 e. The van der Waals surface area contributed by atoms with Gasteiger partial charge in [-0.3, -0.25) is 4.90 Å². The van der Waals surface area contributed by atoms with Gasteiger partial charge in [0.25, 0.3) is 0 Å². The van der Waals surface area contributed by atoms with Crippen LogP contribution < -0.4 is 0 Å². The van der Waals surface area contributed by atoms with Crippen LogP contribution in [0.5, 0.6) is 0 Å². The van der Waals surface area contributed by atoms with Crippen molar-refractivity contribution in [3.63, 3.8) is 0 Å². The molecule has 0 N–H and O–H groups in total. The minimum absolute atomic E-state index is 0.257. The second-order valence-electron chi connectivity index (χ2n) is 10.4. The molecule has 1 unspecified atom stereocenters. The van der Waals surface area contributed by atoms with Gasteiger partial charge in [-0.05, 0) is 49.0 Å². The molecule has 152 valence electrons. The smallest absolute Gasteiger partial charge is 0.168 e. The van der Waals surface area contributed by atoms with Crippen LogP contribution in [0.2, 0.25) is 0 Å². The molecule has 0 bridgehead atoms. The fourth-order valence-corrected chi connectivity index (χ4v) is 5.26. The van der Waals surface area contributed by atoms with E-state index in [9.17, 15) is 0 Å². The monoisotopic (exact) mass is 365 g/mol. The van der Waals surface area contributed by atoms with Crippen molar-refractivity contribution in [2.75, 3.05) is 26.2 Å². The van der Waals surface area contributed by atoms with Gasteiger partial charge in [-0.1, -0.05) is 47.6 Å². The molecular weight excluding hydrogens is 322 g/mol. The van der Waals surface area contributed by atoms with Crippen LogP contribution in [-0.2, 0) is 9.47 Å². The highest BCUT2D eigenvalue weighted by Gasteiger charge is 2.46. The van der Waals surface area contributed by atoms with Gasteiger partial charge in [0.05, 0.1) is 12.7 Å². The molecule has 1 atom stereocenters. The molecule has 2 rings (SSSR count). The highest BCUT2D eigenvalue weighted by molar-refractivity contribution is 4.91. The van der Waals surface area contributed by atoms with Crippen molar-refractivity contribution < 1.29 is 9.47 Å². The summed E-state index contributed by atoms with van der Waals surface area (Å²) in [4.78, 5) is 2.41. The third-order valence-electron chi connectivity index (χ3n) is 6.35. The molecule has 2 aliphatic rings. The number of likely N-dealkylation sites (N-methyl/N-ethyl adjacent to an activating group) is 1. The molecular formula is C23H43NO2. The maximum atomic E-state index is 6.45. The largest absolute Gasteiger partial charge is 0.347 e. The predicted octanol–water partition coefficient (Wildman–Crippen LogP) is 5.65. The Morgan fingerprint density at radius 1 is 1.15 bits per heavy atom. The van der Waals surface area contributed by atoms with Crippen molar-refractivity contribution in [3.8, 4) is 0 Å². The van der Waals surface area contributed by atoms with Gasteiger partial charge in [0.2, 0.25) is 0 Å². The zero-order valence-electron chi connectivity index (χ0n) is 18.3.